The SMILES string of the molecule is O=C(CCc1ccc(O)c(O)c1)Nc1ccccc1C(=O)O. The smallest absolute Gasteiger partial charge is 0.337 e. The van der Waals surface area contributed by atoms with Gasteiger partial charge in [-0.3, -0.25) is 4.79 Å². The van der Waals surface area contributed by atoms with Gasteiger partial charge in [0.25, 0.3) is 0 Å². The maximum atomic E-state index is 11.9. The van der Waals surface area contributed by atoms with Crippen LogP contribution in [-0.4, -0.2) is 27.2 Å². The number of amides is 1. The normalized spacial score (nSPS) is 10.2. The van der Waals surface area contributed by atoms with Crippen LogP contribution in [0.2, 0.25) is 0 Å². The van der Waals surface area contributed by atoms with E-state index in [0.717, 1.165) is 0 Å². The molecule has 6 nitrogen and oxygen atoms in total. The molecule has 0 bridgehead atoms. The monoisotopic (exact) mass is 301 g/mol. The number of phenols is 2. The van der Waals surface area contributed by atoms with E-state index in [-0.39, 0.29) is 35.1 Å². The lowest BCUT2D eigenvalue weighted by atomic mass is 10.1. The second-order valence-corrected chi connectivity index (χ2v) is 4.72. The van der Waals surface area contributed by atoms with E-state index in [0.29, 0.717) is 12.0 Å². The van der Waals surface area contributed by atoms with Crippen LogP contribution in [0.15, 0.2) is 42.5 Å². The molecule has 0 fully saturated rings. The van der Waals surface area contributed by atoms with Crippen LogP contribution in [0.1, 0.15) is 22.3 Å². The van der Waals surface area contributed by atoms with Gasteiger partial charge in [0.1, 0.15) is 0 Å². The second-order valence-electron chi connectivity index (χ2n) is 4.72. The summed E-state index contributed by atoms with van der Waals surface area (Å²) in [6, 6.07) is 10.5. The van der Waals surface area contributed by atoms with Gasteiger partial charge in [0.2, 0.25) is 5.91 Å². The number of carbonyl (C=O) groups excluding carboxylic acids is 1. The molecule has 0 aromatic heterocycles. The van der Waals surface area contributed by atoms with Crippen molar-refractivity contribution < 1.29 is 24.9 Å². The third kappa shape index (κ3) is 3.76. The van der Waals surface area contributed by atoms with E-state index in [4.69, 9.17) is 5.11 Å². The first-order valence-electron chi connectivity index (χ1n) is 6.60. The molecule has 0 spiro atoms. The maximum absolute atomic E-state index is 11.9. The molecule has 2 aromatic carbocycles. The lowest BCUT2D eigenvalue weighted by Gasteiger charge is -2.08. The molecule has 0 heterocycles. The molecule has 2 aromatic rings. The van der Waals surface area contributed by atoms with Crippen molar-refractivity contribution in [2.45, 2.75) is 12.8 Å². The number of carbonyl (C=O) groups is 2. The summed E-state index contributed by atoms with van der Waals surface area (Å²) in [6.45, 7) is 0. The highest BCUT2D eigenvalue weighted by molar-refractivity contribution is 6.00. The van der Waals surface area contributed by atoms with E-state index >= 15 is 0 Å². The fourth-order valence-electron chi connectivity index (χ4n) is 1.97. The van der Waals surface area contributed by atoms with E-state index in [2.05, 4.69) is 5.32 Å². The van der Waals surface area contributed by atoms with Gasteiger partial charge in [-0.05, 0) is 36.2 Å². The first-order chi connectivity index (χ1) is 10.5. The van der Waals surface area contributed by atoms with E-state index in [1.165, 1.54) is 24.3 Å². The van der Waals surface area contributed by atoms with Gasteiger partial charge in [-0.15, -0.1) is 0 Å². The Hall–Kier alpha value is -3.02. The molecule has 0 atom stereocenters. The standard InChI is InChI=1S/C16H15NO5/c18-13-7-5-10(9-14(13)19)6-8-15(20)17-12-4-2-1-3-11(12)16(21)22/h1-5,7,9,18-19H,6,8H2,(H,17,20)(H,21,22). The van der Waals surface area contributed by atoms with E-state index in [9.17, 15) is 19.8 Å². The van der Waals surface area contributed by atoms with Crippen molar-refractivity contribution in [2.75, 3.05) is 5.32 Å². The van der Waals surface area contributed by atoms with Gasteiger partial charge in [0, 0.05) is 6.42 Å². The second kappa shape index (κ2) is 6.62. The number of aromatic hydroxyl groups is 2. The van der Waals surface area contributed by atoms with Gasteiger partial charge < -0.3 is 20.6 Å². The van der Waals surface area contributed by atoms with Gasteiger partial charge in [0.05, 0.1) is 11.3 Å². The topological polar surface area (TPSA) is 107 Å². The largest absolute Gasteiger partial charge is 0.504 e. The quantitative estimate of drug-likeness (QED) is 0.634. The fourth-order valence-corrected chi connectivity index (χ4v) is 1.97. The number of phenolic OH excluding ortho intramolecular Hbond substituents is 2. The predicted octanol–water partition coefficient (Wildman–Crippen LogP) is 2.37. The number of rotatable bonds is 5. The van der Waals surface area contributed by atoms with Gasteiger partial charge in [0.15, 0.2) is 11.5 Å². The first-order valence-corrected chi connectivity index (χ1v) is 6.60. The minimum Gasteiger partial charge on any atom is -0.504 e. The van der Waals surface area contributed by atoms with Crippen molar-refractivity contribution in [3.8, 4) is 11.5 Å². The Labute approximate surface area is 126 Å². The summed E-state index contributed by atoms with van der Waals surface area (Å²) in [6.07, 6.45) is 0.479. The lowest BCUT2D eigenvalue weighted by Crippen LogP contribution is -2.15. The van der Waals surface area contributed by atoms with Crippen LogP contribution in [0, 0.1) is 0 Å². The number of hydrogen-bond donors (Lipinski definition) is 4. The average molecular weight is 301 g/mol. The van der Waals surface area contributed by atoms with Crippen LogP contribution in [0.25, 0.3) is 0 Å². The number of aryl methyl sites for hydroxylation is 1. The Morgan fingerprint density at radius 3 is 2.41 bits per heavy atom. The molecule has 0 unspecified atom stereocenters. The van der Waals surface area contributed by atoms with Crippen molar-refractivity contribution in [2.24, 2.45) is 0 Å². The highest BCUT2D eigenvalue weighted by Crippen LogP contribution is 2.25. The maximum Gasteiger partial charge on any atom is 0.337 e. The number of hydrogen-bond acceptors (Lipinski definition) is 4. The van der Waals surface area contributed by atoms with Crippen molar-refractivity contribution in [3.63, 3.8) is 0 Å². The third-order valence-corrected chi connectivity index (χ3v) is 3.11. The number of anilines is 1. The first kappa shape index (κ1) is 15.4. The average Bonchev–Trinajstić information content (AvgIpc) is 2.49. The molecule has 0 aliphatic heterocycles. The molecule has 114 valence electrons. The molecule has 0 saturated carbocycles. The number of aromatic carboxylic acids is 1. The molecule has 1 amide bonds. The number of nitrogens with one attached hydrogen (secondary N) is 1. The summed E-state index contributed by atoms with van der Waals surface area (Å²) >= 11 is 0. The van der Waals surface area contributed by atoms with Crippen LogP contribution in [0.4, 0.5) is 5.69 Å². The lowest BCUT2D eigenvalue weighted by molar-refractivity contribution is -0.116. The highest BCUT2D eigenvalue weighted by atomic mass is 16.4. The molecule has 0 radical (unpaired) electrons. The summed E-state index contributed by atoms with van der Waals surface area (Å²) in [7, 11) is 0. The van der Waals surface area contributed by atoms with E-state index in [1.807, 2.05) is 0 Å². The van der Waals surface area contributed by atoms with Crippen LogP contribution in [0.5, 0.6) is 11.5 Å². The molecule has 2 rings (SSSR count). The summed E-state index contributed by atoms with van der Waals surface area (Å²) in [5.41, 5.74) is 0.962. The van der Waals surface area contributed by atoms with Gasteiger partial charge in [-0.1, -0.05) is 18.2 Å². The summed E-state index contributed by atoms with van der Waals surface area (Å²) in [4.78, 5) is 22.9. The number of carboxylic acids is 1. The van der Waals surface area contributed by atoms with Crippen LogP contribution in [-0.2, 0) is 11.2 Å². The Kier molecular flexibility index (Phi) is 4.63. The van der Waals surface area contributed by atoms with Crippen LogP contribution >= 0.6 is 0 Å². The zero-order valence-corrected chi connectivity index (χ0v) is 11.6. The minimum absolute atomic E-state index is 0.0260. The molecule has 0 saturated heterocycles. The highest BCUT2D eigenvalue weighted by Gasteiger charge is 2.12. The van der Waals surface area contributed by atoms with E-state index < -0.39 is 5.97 Å². The summed E-state index contributed by atoms with van der Waals surface area (Å²) < 4.78 is 0. The Morgan fingerprint density at radius 1 is 1.00 bits per heavy atom. The number of carboxylic acid groups (broad SMARTS) is 1. The number of para-hydroxylation sites is 1. The molecule has 0 aliphatic carbocycles. The zero-order valence-electron chi connectivity index (χ0n) is 11.6. The zero-order chi connectivity index (χ0) is 16.1. The van der Waals surface area contributed by atoms with Crippen molar-refractivity contribution in [3.05, 3.63) is 53.6 Å². The summed E-state index contributed by atoms with van der Waals surface area (Å²) in [5.74, 6) is -1.90. The number of benzene rings is 2. The molecule has 22 heavy (non-hydrogen) atoms. The van der Waals surface area contributed by atoms with Crippen molar-refractivity contribution >= 4 is 17.6 Å². The Morgan fingerprint density at radius 2 is 1.73 bits per heavy atom. The van der Waals surface area contributed by atoms with Gasteiger partial charge in [-0.25, -0.2) is 4.79 Å². The van der Waals surface area contributed by atoms with Gasteiger partial charge in [-0.2, -0.15) is 0 Å². The minimum atomic E-state index is -1.11. The molecular weight excluding hydrogens is 286 g/mol. The van der Waals surface area contributed by atoms with Crippen molar-refractivity contribution in [1.29, 1.82) is 0 Å². The predicted molar refractivity (Wildman–Crippen MR) is 80.1 cm³/mol. The summed E-state index contributed by atoms with van der Waals surface area (Å²) in [5, 5.41) is 30.2. The Bertz CT molecular complexity index is 711. The van der Waals surface area contributed by atoms with Crippen LogP contribution < -0.4 is 5.32 Å². The van der Waals surface area contributed by atoms with Crippen molar-refractivity contribution in [1.82, 2.24) is 0 Å². The molecule has 6 heteroatoms. The third-order valence-electron chi connectivity index (χ3n) is 3.11. The van der Waals surface area contributed by atoms with Gasteiger partial charge >= 0.3 is 5.97 Å². The molecule has 0 aliphatic rings. The molecular formula is C16H15NO5. The van der Waals surface area contributed by atoms with E-state index in [1.54, 1.807) is 18.2 Å². The van der Waals surface area contributed by atoms with Crippen LogP contribution in [0.3, 0.4) is 0 Å². The Balaban J connectivity index is 1.99. The fraction of sp³-hybridized carbons (Fsp3) is 0.125. The molecule has 4 N–H and O–H groups in total.